The molecule has 0 aromatic heterocycles. The van der Waals surface area contributed by atoms with E-state index in [4.69, 9.17) is 7.85 Å². The largest absolute Gasteiger partial charge is 0.334 e. The van der Waals surface area contributed by atoms with E-state index in [9.17, 15) is 0 Å². The average molecular weight is 400 g/mol. The molecular weight excluding hydrogens is 363 g/mol. The van der Waals surface area contributed by atoms with Gasteiger partial charge in [0.05, 0.1) is 6.07 Å². The van der Waals surface area contributed by atoms with Crippen LogP contribution in [0.3, 0.4) is 0 Å². The quantitative estimate of drug-likeness (QED) is 0.465. The Kier molecular flexibility index (Phi) is 6.70. The fourth-order valence-electron chi connectivity index (χ4n) is 4.16. The third kappa shape index (κ3) is 4.31. The van der Waals surface area contributed by atoms with Crippen LogP contribution >= 0.6 is 0 Å². The molecule has 0 N–H and O–H groups in total. The van der Waals surface area contributed by atoms with Gasteiger partial charge in [-0.15, -0.1) is 0 Å². The van der Waals surface area contributed by atoms with E-state index in [0.29, 0.717) is 23.7 Å². The zero-order chi connectivity index (χ0) is 22.2. The van der Waals surface area contributed by atoms with E-state index in [1.54, 1.807) is 0 Å². The van der Waals surface area contributed by atoms with Crippen molar-refractivity contribution in [3.8, 4) is 0 Å². The van der Waals surface area contributed by atoms with Crippen LogP contribution in [0.4, 0.5) is 11.4 Å². The zero-order valence-electron chi connectivity index (χ0n) is 20.0. The molecule has 1 heterocycles. The van der Waals surface area contributed by atoms with E-state index in [2.05, 4.69) is 114 Å². The van der Waals surface area contributed by atoms with Crippen molar-refractivity contribution in [2.45, 2.75) is 85.1 Å². The van der Waals surface area contributed by atoms with E-state index in [1.165, 1.54) is 33.6 Å². The minimum absolute atomic E-state index is 0.255. The monoisotopic (exact) mass is 400 g/mol. The van der Waals surface area contributed by atoms with E-state index < -0.39 is 0 Å². The predicted octanol–water partition coefficient (Wildman–Crippen LogP) is 7.43. The summed E-state index contributed by atoms with van der Waals surface area (Å²) in [5, 5.41) is 0. The number of rotatable bonds is 6. The smallest absolute Gasteiger partial charge is 0.130 e. The molecule has 0 saturated carbocycles. The van der Waals surface area contributed by atoms with Gasteiger partial charge in [-0.05, 0) is 58.1 Å². The molecule has 1 aliphatic rings. The Morgan fingerprint density at radius 1 is 0.600 bits per heavy atom. The van der Waals surface area contributed by atoms with Gasteiger partial charge in [0, 0.05) is 23.8 Å². The lowest BCUT2D eigenvalue weighted by Crippen LogP contribution is -2.40. The van der Waals surface area contributed by atoms with Crippen LogP contribution in [0.1, 0.15) is 101 Å². The molecule has 0 spiro atoms. The zero-order valence-corrected chi connectivity index (χ0v) is 20.0. The van der Waals surface area contributed by atoms with Crippen LogP contribution in [0, 0.1) is 0 Å². The van der Waals surface area contributed by atoms with Gasteiger partial charge < -0.3 is 9.80 Å². The Morgan fingerprint density at radius 2 is 0.967 bits per heavy atom. The molecule has 3 rings (SSSR count). The molecule has 1 aliphatic heterocycles. The van der Waals surface area contributed by atoms with Crippen molar-refractivity contribution in [1.29, 1.82) is 0 Å². The molecule has 2 nitrogen and oxygen atoms in total. The van der Waals surface area contributed by atoms with Gasteiger partial charge in [-0.3, -0.25) is 0 Å². The Balaban J connectivity index is 1.98. The highest BCUT2D eigenvalue weighted by molar-refractivity contribution is 6.16. The Labute approximate surface area is 185 Å². The molecule has 158 valence electrons. The molecule has 30 heavy (non-hydrogen) atoms. The number of hydrogen-bond donors (Lipinski definition) is 0. The molecule has 0 amide bonds. The summed E-state index contributed by atoms with van der Waals surface area (Å²) in [6.07, 6.45) is 4.25. The van der Waals surface area contributed by atoms with E-state index in [1.807, 2.05) is 0 Å². The van der Waals surface area contributed by atoms with Crippen LogP contribution in [-0.4, -0.2) is 13.9 Å². The Hall–Kier alpha value is -2.16. The summed E-state index contributed by atoms with van der Waals surface area (Å²) in [4.78, 5) is 4.42. The molecule has 0 saturated heterocycles. The first-order valence-corrected chi connectivity index (χ1v) is 11.4. The third-order valence-corrected chi connectivity index (χ3v) is 6.19. The summed E-state index contributed by atoms with van der Waals surface area (Å²) < 4.78 is 0. The first-order valence-electron chi connectivity index (χ1n) is 11.4. The molecule has 0 fully saturated rings. The number of nitrogens with zero attached hydrogens (tertiary/aromatic N) is 2. The number of hydrogen-bond acceptors (Lipinski definition) is 2. The third-order valence-electron chi connectivity index (χ3n) is 6.19. The maximum Gasteiger partial charge on any atom is 0.130 e. The molecule has 2 radical (unpaired) electrons. The van der Waals surface area contributed by atoms with Gasteiger partial charge in [0.1, 0.15) is 7.85 Å². The molecule has 0 bridgehead atoms. The van der Waals surface area contributed by atoms with E-state index >= 15 is 0 Å². The highest BCUT2D eigenvalue weighted by atomic mass is 15.4. The van der Waals surface area contributed by atoms with Crippen molar-refractivity contribution in [2.75, 3.05) is 9.80 Å². The summed E-state index contributed by atoms with van der Waals surface area (Å²) in [6.45, 7) is 18.0. The first-order chi connectivity index (χ1) is 14.1. The topological polar surface area (TPSA) is 6.48 Å². The van der Waals surface area contributed by atoms with Crippen LogP contribution in [0.5, 0.6) is 0 Å². The fraction of sp³-hybridized carbons (Fsp3) is 0.481. The Bertz CT molecular complexity index is 838. The average Bonchev–Trinajstić information content (AvgIpc) is 3.07. The first kappa shape index (κ1) is 22.5. The normalized spacial score (nSPS) is 14.9. The molecule has 0 aliphatic carbocycles. The van der Waals surface area contributed by atoms with Gasteiger partial charge in [-0.2, -0.15) is 0 Å². The maximum atomic E-state index is 6.81. The van der Waals surface area contributed by atoms with Gasteiger partial charge in [-0.1, -0.05) is 79.7 Å². The van der Waals surface area contributed by atoms with Crippen LogP contribution in [0.15, 0.2) is 48.8 Å². The van der Waals surface area contributed by atoms with Crippen LogP contribution in [0.25, 0.3) is 0 Å². The highest BCUT2D eigenvalue weighted by Gasteiger charge is 2.28. The van der Waals surface area contributed by atoms with Crippen molar-refractivity contribution in [2.24, 2.45) is 0 Å². The van der Waals surface area contributed by atoms with Crippen LogP contribution < -0.4 is 9.80 Å². The summed E-state index contributed by atoms with van der Waals surface area (Å²) >= 11 is 0. The standard InChI is InChI=1S/C27H37BN2/c1-17(2)21-9-11-25(23(15-21)19(5)6)29-13-14-30(27(29)28)26-12-10-22(18(3)4)16-24(26)20(7)8/h9-20,27H,1-8H3. The van der Waals surface area contributed by atoms with Gasteiger partial charge in [0.2, 0.25) is 0 Å². The molecule has 0 atom stereocenters. The van der Waals surface area contributed by atoms with Crippen molar-refractivity contribution in [3.63, 3.8) is 0 Å². The number of anilines is 2. The van der Waals surface area contributed by atoms with Crippen molar-refractivity contribution in [3.05, 3.63) is 71.1 Å². The Morgan fingerprint density at radius 3 is 1.27 bits per heavy atom. The second-order valence-corrected chi connectivity index (χ2v) is 9.78. The van der Waals surface area contributed by atoms with Gasteiger partial charge in [0.15, 0.2) is 0 Å². The minimum Gasteiger partial charge on any atom is -0.334 e. The summed E-state index contributed by atoms with van der Waals surface area (Å²) in [6, 6.07) is 13.4. The lowest BCUT2D eigenvalue weighted by molar-refractivity contribution is 0.805. The highest BCUT2D eigenvalue weighted by Crippen LogP contribution is 2.38. The number of benzene rings is 2. The van der Waals surface area contributed by atoms with Crippen molar-refractivity contribution >= 4 is 19.2 Å². The van der Waals surface area contributed by atoms with E-state index in [-0.39, 0.29) is 6.07 Å². The summed E-state index contributed by atoms with van der Waals surface area (Å²) in [5.41, 5.74) is 7.85. The second kappa shape index (κ2) is 8.92. The summed E-state index contributed by atoms with van der Waals surface area (Å²) in [7, 11) is 6.81. The molecular formula is C27H37BN2. The van der Waals surface area contributed by atoms with Gasteiger partial charge >= 0.3 is 0 Å². The molecule has 0 unspecified atom stereocenters. The SMILES string of the molecule is [B]C1N(c2ccc(C(C)C)cc2C(C)C)C=CN1c1ccc(C(C)C)cc1C(C)C. The van der Waals surface area contributed by atoms with Crippen molar-refractivity contribution in [1.82, 2.24) is 0 Å². The van der Waals surface area contributed by atoms with Gasteiger partial charge in [0.25, 0.3) is 0 Å². The second-order valence-electron chi connectivity index (χ2n) is 9.78. The lowest BCUT2D eigenvalue weighted by Gasteiger charge is -2.34. The maximum absolute atomic E-state index is 6.81. The van der Waals surface area contributed by atoms with Crippen LogP contribution in [0.2, 0.25) is 0 Å². The molecule has 3 heteroatoms. The predicted molar refractivity (Wildman–Crippen MR) is 133 cm³/mol. The van der Waals surface area contributed by atoms with E-state index in [0.717, 1.165) is 0 Å². The van der Waals surface area contributed by atoms with Crippen LogP contribution in [-0.2, 0) is 0 Å². The van der Waals surface area contributed by atoms with Gasteiger partial charge in [-0.25, -0.2) is 0 Å². The fourth-order valence-corrected chi connectivity index (χ4v) is 4.16. The minimum atomic E-state index is -0.255. The molecule has 2 aromatic carbocycles. The summed E-state index contributed by atoms with van der Waals surface area (Å²) in [5.74, 6) is 1.91. The van der Waals surface area contributed by atoms with Crippen molar-refractivity contribution < 1.29 is 0 Å². The lowest BCUT2D eigenvalue weighted by atomic mass is 9.91. The molecule has 2 aromatic rings.